The third kappa shape index (κ3) is 4.91. The minimum absolute atomic E-state index is 0.181. The molecule has 3 aromatic rings. The van der Waals surface area contributed by atoms with Crippen LogP contribution in [0.25, 0.3) is 0 Å². The zero-order valence-corrected chi connectivity index (χ0v) is 18.0. The zero-order chi connectivity index (χ0) is 20.9. The van der Waals surface area contributed by atoms with Crippen LogP contribution >= 0.6 is 23.8 Å². The van der Waals surface area contributed by atoms with E-state index in [-0.39, 0.29) is 5.82 Å². The van der Waals surface area contributed by atoms with E-state index in [4.69, 9.17) is 28.6 Å². The van der Waals surface area contributed by atoms with Gasteiger partial charge in [0.25, 0.3) is 0 Å². The van der Waals surface area contributed by atoms with E-state index >= 15 is 0 Å². The second-order valence-electron chi connectivity index (χ2n) is 7.17. The maximum Gasteiger partial charge on any atom is 0.146 e. The van der Waals surface area contributed by atoms with Gasteiger partial charge in [-0.1, -0.05) is 60.2 Å². The first-order valence-electron chi connectivity index (χ1n) is 9.86. The monoisotopic (exact) mass is 440 g/mol. The third-order valence-electron chi connectivity index (χ3n) is 5.16. The van der Waals surface area contributed by atoms with Crippen LogP contribution in [0.3, 0.4) is 0 Å². The minimum atomic E-state index is -0.181. The number of hydrogen-bond acceptors (Lipinski definition) is 3. The van der Waals surface area contributed by atoms with Crippen LogP contribution in [0.4, 0.5) is 10.1 Å². The first kappa shape index (κ1) is 20.6. The molecule has 0 aromatic heterocycles. The first-order chi connectivity index (χ1) is 14.6. The molecule has 0 amide bonds. The number of benzene rings is 3. The fourth-order valence-corrected chi connectivity index (χ4v) is 3.94. The Hall–Kier alpha value is -2.63. The molecule has 1 saturated heterocycles. The van der Waals surface area contributed by atoms with Crippen LogP contribution in [-0.2, 0) is 6.61 Å². The van der Waals surface area contributed by atoms with Gasteiger partial charge in [0, 0.05) is 36.8 Å². The Morgan fingerprint density at radius 3 is 2.40 bits per heavy atom. The molecule has 0 N–H and O–H groups in total. The molecule has 0 aliphatic carbocycles. The summed E-state index contributed by atoms with van der Waals surface area (Å²) in [4.78, 5) is 5.03. The molecule has 6 heteroatoms. The first-order valence-corrected chi connectivity index (χ1v) is 10.6. The Labute approximate surface area is 186 Å². The number of piperazine rings is 1. The molecule has 0 atom stereocenters. The van der Waals surface area contributed by atoms with Gasteiger partial charge < -0.3 is 14.5 Å². The Kier molecular flexibility index (Phi) is 6.50. The van der Waals surface area contributed by atoms with Crippen molar-refractivity contribution in [2.45, 2.75) is 6.61 Å². The standard InChI is InChI=1S/C24H22ClFN2OS/c25-20-10-8-18(9-11-20)17-29-21-5-3-4-19(16-21)24(30)28-14-12-27(13-15-28)23-7-2-1-6-22(23)26/h1-11,16H,12-15,17H2. The number of halogens is 2. The van der Waals surface area contributed by atoms with Gasteiger partial charge in [0.2, 0.25) is 0 Å². The molecule has 0 unspecified atom stereocenters. The molecule has 0 radical (unpaired) electrons. The summed E-state index contributed by atoms with van der Waals surface area (Å²) >= 11 is 11.7. The Bertz CT molecular complexity index is 1020. The molecule has 1 fully saturated rings. The van der Waals surface area contributed by atoms with E-state index in [9.17, 15) is 4.39 Å². The Morgan fingerprint density at radius 2 is 1.67 bits per heavy atom. The smallest absolute Gasteiger partial charge is 0.146 e. The van der Waals surface area contributed by atoms with Crippen LogP contribution in [0, 0.1) is 5.82 Å². The van der Waals surface area contributed by atoms with Crippen LogP contribution in [0.5, 0.6) is 5.75 Å². The summed E-state index contributed by atoms with van der Waals surface area (Å²) in [6, 6.07) is 22.4. The Morgan fingerprint density at radius 1 is 0.933 bits per heavy atom. The van der Waals surface area contributed by atoms with Gasteiger partial charge in [0.05, 0.1) is 5.69 Å². The molecule has 30 heavy (non-hydrogen) atoms. The second kappa shape index (κ2) is 9.45. The fourth-order valence-electron chi connectivity index (χ4n) is 3.51. The number of ether oxygens (including phenoxy) is 1. The molecule has 154 valence electrons. The number of thiocarbonyl (C=S) groups is 1. The molecule has 0 spiro atoms. The molecule has 4 rings (SSSR count). The van der Waals surface area contributed by atoms with E-state index < -0.39 is 0 Å². The largest absolute Gasteiger partial charge is 0.489 e. The molecular weight excluding hydrogens is 419 g/mol. The van der Waals surface area contributed by atoms with Gasteiger partial charge in [0.1, 0.15) is 23.2 Å². The Balaban J connectivity index is 1.36. The maximum atomic E-state index is 14.1. The third-order valence-corrected chi connectivity index (χ3v) is 5.91. The van der Waals surface area contributed by atoms with Gasteiger partial charge in [0.15, 0.2) is 0 Å². The van der Waals surface area contributed by atoms with Gasteiger partial charge in [-0.05, 0) is 42.0 Å². The lowest BCUT2D eigenvalue weighted by Crippen LogP contribution is -2.48. The predicted molar refractivity (Wildman–Crippen MR) is 124 cm³/mol. The van der Waals surface area contributed by atoms with Gasteiger partial charge in [-0.25, -0.2) is 4.39 Å². The van der Waals surface area contributed by atoms with Gasteiger partial charge in [-0.2, -0.15) is 0 Å². The highest BCUT2D eigenvalue weighted by atomic mass is 35.5. The maximum absolute atomic E-state index is 14.1. The molecule has 1 heterocycles. The summed E-state index contributed by atoms with van der Waals surface area (Å²) < 4.78 is 20.0. The summed E-state index contributed by atoms with van der Waals surface area (Å²) in [6.45, 7) is 3.43. The summed E-state index contributed by atoms with van der Waals surface area (Å²) in [5, 5.41) is 0.709. The van der Waals surface area contributed by atoms with E-state index in [0.29, 0.717) is 17.3 Å². The molecular formula is C24H22ClFN2OS. The quantitative estimate of drug-likeness (QED) is 0.483. The SMILES string of the molecule is Fc1ccccc1N1CCN(C(=S)c2cccc(OCc3ccc(Cl)cc3)c2)CC1. The van der Waals surface area contributed by atoms with Gasteiger partial charge in [-0.3, -0.25) is 0 Å². The predicted octanol–water partition coefficient (Wildman–Crippen LogP) is 5.56. The van der Waals surface area contributed by atoms with E-state index in [1.807, 2.05) is 60.7 Å². The lowest BCUT2D eigenvalue weighted by atomic mass is 10.1. The van der Waals surface area contributed by atoms with E-state index in [1.54, 1.807) is 6.07 Å². The van der Waals surface area contributed by atoms with E-state index in [1.165, 1.54) is 6.07 Å². The number of anilines is 1. The van der Waals surface area contributed by atoms with Crippen molar-refractivity contribution in [3.63, 3.8) is 0 Å². The fraction of sp³-hybridized carbons (Fsp3) is 0.208. The summed E-state index contributed by atoms with van der Waals surface area (Å²) in [5.41, 5.74) is 2.66. The van der Waals surface area contributed by atoms with Crippen LogP contribution in [0.1, 0.15) is 11.1 Å². The van der Waals surface area contributed by atoms with Gasteiger partial charge >= 0.3 is 0 Å². The highest BCUT2D eigenvalue weighted by molar-refractivity contribution is 7.80. The average molecular weight is 441 g/mol. The van der Waals surface area contributed by atoms with Crippen molar-refractivity contribution in [3.8, 4) is 5.75 Å². The van der Waals surface area contributed by atoms with Crippen LogP contribution in [0.2, 0.25) is 5.02 Å². The van der Waals surface area contributed by atoms with Crippen molar-refractivity contribution in [2.24, 2.45) is 0 Å². The molecule has 1 aliphatic rings. The second-order valence-corrected chi connectivity index (χ2v) is 8.00. The number of para-hydroxylation sites is 1. The molecule has 3 nitrogen and oxygen atoms in total. The lowest BCUT2D eigenvalue weighted by Gasteiger charge is -2.37. The highest BCUT2D eigenvalue weighted by Gasteiger charge is 2.21. The molecule has 1 aliphatic heterocycles. The number of rotatable bonds is 5. The van der Waals surface area contributed by atoms with Crippen LogP contribution in [-0.4, -0.2) is 36.1 Å². The zero-order valence-electron chi connectivity index (χ0n) is 16.4. The summed E-state index contributed by atoms with van der Waals surface area (Å²) in [7, 11) is 0. The van der Waals surface area contributed by atoms with Crippen LogP contribution in [0.15, 0.2) is 72.8 Å². The van der Waals surface area contributed by atoms with Gasteiger partial charge in [-0.15, -0.1) is 0 Å². The van der Waals surface area contributed by atoms with E-state index in [0.717, 1.165) is 48.0 Å². The van der Waals surface area contributed by atoms with Crippen molar-refractivity contribution in [2.75, 3.05) is 31.1 Å². The van der Waals surface area contributed by atoms with Crippen LogP contribution < -0.4 is 9.64 Å². The van der Waals surface area contributed by atoms with Crippen molar-refractivity contribution in [3.05, 3.63) is 94.8 Å². The van der Waals surface area contributed by atoms with Crippen molar-refractivity contribution in [1.29, 1.82) is 0 Å². The minimum Gasteiger partial charge on any atom is -0.489 e. The van der Waals surface area contributed by atoms with Crippen molar-refractivity contribution < 1.29 is 9.13 Å². The molecule has 3 aromatic carbocycles. The number of nitrogens with zero attached hydrogens (tertiary/aromatic N) is 2. The molecule has 0 saturated carbocycles. The topological polar surface area (TPSA) is 15.7 Å². The number of hydrogen-bond donors (Lipinski definition) is 0. The normalized spacial score (nSPS) is 13.9. The van der Waals surface area contributed by atoms with Crippen molar-refractivity contribution in [1.82, 2.24) is 4.90 Å². The average Bonchev–Trinajstić information content (AvgIpc) is 2.79. The summed E-state index contributed by atoms with van der Waals surface area (Å²) in [6.07, 6.45) is 0. The molecule has 0 bridgehead atoms. The van der Waals surface area contributed by atoms with Crippen molar-refractivity contribution >= 4 is 34.5 Å². The lowest BCUT2D eigenvalue weighted by molar-refractivity contribution is 0.306. The summed E-state index contributed by atoms with van der Waals surface area (Å²) in [5.74, 6) is 0.592. The highest BCUT2D eigenvalue weighted by Crippen LogP contribution is 2.22. The van der Waals surface area contributed by atoms with E-state index in [2.05, 4.69) is 9.80 Å².